The molecule has 0 saturated carbocycles. The number of thioether (sulfide) groups is 1. The van der Waals surface area contributed by atoms with Gasteiger partial charge in [0.25, 0.3) is 0 Å². The molecule has 1 rings (SSSR count). The number of ether oxygens (including phenoxy) is 1. The van der Waals surface area contributed by atoms with Gasteiger partial charge in [-0.3, -0.25) is 4.79 Å². The Bertz CT molecular complexity index is 205. The second-order valence-electron chi connectivity index (χ2n) is 4.23. The molecule has 3 nitrogen and oxygen atoms in total. The van der Waals surface area contributed by atoms with Gasteiger partial charge in [-0.15, -0.1) is 0 Å². The highest BCUT2D eigenvalue weighted by molar-refractivity contribution is 7.99. The van der Waals surface area contributed by atoms with E-state index in [2.05, 4.69) is 12.2 Å². The molecule has 0 aromatic carbocycles. The van der Waals surface area contributed by atoms with Gasteiger partial charge in [-0.25, -0.2) is 0 Å². The molecule has 0 aliphatic carbocycles. The highest BCUT2D eigenvalue weighted by Crippen LogP contribution is 2.22. The van der Waals surface area contributed by atoms with Gasteiger partial charge >= 0.3 is 5.97 Å². The van der Waals surface area contributed by atoms with Crippen molar-refractivity contribution in [3.05, 3.63) is 0 Å². The van der Waals surface area contributed by atoms with Crippen molar-refractivity contribution in [2.45, 2.75) is 39.2 Å². The van der Waals surface area contributed by atoms with Crippen LogP contribution in [0.1, 0.15) is 33.1 Å². The van der Waals surface area contributed by atoms with Gasteiger partial charge in [-0.2, -0.15) is 11.8 Å². The lowest BCUT2D eigenvalue weighted by atomic mass is 10.1. The maximum absolute atomic E-state index is 11.6. The molecule has 1 N–H and O–H groups in total. The zero-order valence-electron chi connectivity index (χ0n) is 10.3. The van der Waals surface area contributed by atoms with Gasteiger partial charge in [0.2, 0.25) is 0 Å². The third kappa shape index (κ3) is 4.74. The van der Waals surface area contributed by atoms with Gasteiger partial charge < -0.3 is 10.1 Å². The predicted octanol–water partition coefficient (Wildman–Crippen LogP) is 2.06. The Morgan fingerprint density at radius 1 is 1.56 bits per heavy atom. The molecule has 94 valence electrons. The molecule has 1 aliphatic heterocycles. The molecule has 0 aromatic heterocycles. The third-order valence-electron chi connectivity index (χ3n) is 2.83. The second-order valence-corrected chi connectivity index (χ2v) is 5.38. The SMILES string of the molecule is CCCC(NCC1CCSC1)C(=O)OCC. The van der Waals surface area contributed by atoms with Crippen molar-refractivity contribution >= 4 is 17.7 Å². The summed E-state index contributed by atoms with van der Waals surface area (Å²) in [6.07, 6.45) is 3.16. The van der Waals surface area contributed by atoms with Crippen LogP contribution < -0.4 is 5.32 Å². The number of carbonyl (C=O) groups is 1. The zero-order valence-corrected chi connectivity index (χ0v) is 11.1. The first kappa shape index (κ1) is 13.8. The highest BCUT2D eigenvalue weighted by Gasteiger charge is 2.21. The van der Waals surface area contributed by atoms with Crippen molar-refractivity contribution in [1.29, 1.82) is 0 Å². The van der Waals surface area contributed by atoms with Crippen LogP contribution in [0.25, 0.3) is 0 Å². The van der Waals surface area contributed by atoms with Gasteiger partial charge in [0, 0.05) is 0 Å². The average molecular weight is 245 g/mol. The Morgan fingerprint density at radius 2 is 2.38 bits per heavy atom. The van der Waals surface area contributed by atoms with Crippen molar-refractivity contribution in [2.24, 2.45) is 5.92 Å². The number of hydrogen-bond acceptors (Lipinski definition) is 4. The van der Waals surface area contributed by atoms with Gasteiger partial charge in [0.15, 0.2) is 0 Å². The fourth-order valence-electron chi connectivity index (χ4n) is 1.89. The van der Waals surface area contributed by atoms with E-state index in [4.69, 9.17) is 4.74 Å². The van der Waals surface area contributed by atoms with Crippen molar-refractivity contribution in [3.63, 3.8) is 0 Å². The van der Waals surface area contributed by atoms with Crippen LogP contribution in [0.2, 0.25) is 0 Å². The molecule has 1 fully saturated rings. The molecule has 1 saturated heterocycles. The Kier molecular flexibility index (Phi) is 6.88. The third-order valence-corrected chi connectivity index (χ3v) is 4.06. The molecule has 1 aliphatic rings. The Morgan fingerprint density at radius 3 is 2.94 bits per heavy atom. The summed E-state index contributed by atoms with van der Waals surface area (Å²) >= 11 is 2.01. The fourth-order valence-corrected chi connectivity index (χ4v) is 3.17. The van der Waals surface area contributed by atoms with E-state index in [0.29, 0.717) is 6.61 Å². The number of nitrogens with one attached hydrogen (secondary N) is 1. The molecule has 2 atom stereocenters. The minimum atomic E-state index is -0.101. The van der Waals surface area contributed by atoms with E-state index in [9.17, 15) is 4.79 Å². The summed E-state index contributed by atoms with van der Waals surface area (Å²) in [5.41, 5.74) is 0. The normalized spacial score (nSPS) is 22.0. The molecule has 1 heterocycles. The molecule has 0 bridgehead atoms. The van der Waals surface area contributed by atoms with Crippen LogP contribution in [-0.4, -0.2) is 36.7 Å². The lowest BCUT2D eigenvalue weighted by Gasteiger charge is -2.18. The summed E-state index contributed by atoms with van der Waals surface area (Å²) in [4.78, 5) is 11.6. The molecule has 2 unspecified atom stereocenters. The molecule has 4 heteroatoms. The predicted molar refractivity (Wildman–Crippen MR) is 68.8 cm³/mol. The number of hydrogen-bond donors (Lipinski definition) is 1. The molecule has 16 heavy (non-hydrogen) atoms. The van der Waals surface area contributed by atoms with Crippen LogP contribution in [0, 0.1) is 5.92 Å². The van der Waals surface area contributed by atoms with Gasteiger partial charge in [0.05, 0.1) is 6.61 Å². The van der Waals surface area contributed by atoms with Gasteiger partial charge in [-0.05, 0) is 43.7 Å². The second kappa shape index (κ2) is 7.96. The molecule has 0 amide bonds. The fraction of sp³-hybridized carbons (Fsp3) is 0.917. The van der Waals surface area contributed by atoms with E-state index in [1.807, 2.05) is 18.7 Å². The summed E-state index contributed by atoms with van der Waals surface area (Å²) < 4.78 is 5.07. The monoisotopic (exact) mass is 245 g/mol. The van der Waals surface area contributed by atoms with Crippen LogP contribution in [0.15, 0.2) is 0 Å². The topological polar surface area (TPSA) is 38.3 Å². The molecule has 0 aromatic rings. The first-order valence-electron chi connectivity index (χ1n) is 6.25. The molecular formula is C12H23NO2S. The Balaban J connectivity index is 2.28. The van der Waals surface area contributed by atoms with Crippen LogP contribution in [0.4, 0.5) is 0 Å². The Hall–Kier alpha value is -0.220. The molecule has 0 spiro atoms. The maximum atomic E-state index is 11.6. The number of esters is 1. The minimum Gasteiger partial charge on any atom is -0.465 e. The van der Waals surface area contributed by atoms with Crippen molar-refractivity contribution in [2.75, 3.05) is 24.7 Å². The van der Waals surface area contributed by atoms with E-state index in [1.54, 1.807) is 0 Å². The standard InChI is InChI=1S/C12H23NO2S/c1-3-5-11(12(14)15-4-2)13-8-10-6-7-16-9-10/h10-11,13H,3-9H2,1-2H3. The van der Waals surface area contributed by atoms with E-state index in [0.717, 1.165) is 25.3 Å². The number of carbonyl (C=O) groups excluding carboxylic acids is 1. The van der Waals surface area contributed by atoms with E-state index in [1.165, 1.54) is 17.9 Å². The first-order valence-corrected chi connectivity index (χ1v) is 7.41. The smallest absolute Gasteiger partial charge is 0.323 e. The van der Waals surface area contributed by atoms with Gasteiger partial charge in [0.1, 0.15) is 6.04 Å². The molecule has 0 radical (unpaired) electrons. The summed E-state index contributed by atoms with van der Waals surface area (Å²) in [5, 5.41) is 3.36. The van der Waals surface area contributed by atoms with Crippen molar-refractivity contribution in [3.8, 4) is 0 Å². The van der Waals surface area contributed by atoms with Crippen molar-refractivity contribution in [1.82, 2.24) is 5.32 Å². The number of rotatable bonds is 7. The summed E-state index contributed by atoms with van der Waals surface area (Å²) in [7, 11) is 0. The largest absolute Gasteiger partial charge is 0.465 e. The minimum absolute atomic E-state index is 0.0880. The van der Waals surface area contributed by atoms with Crippen LogP contribution in [0.5, 0.6) is 0 Å². The lowest BCUT2D eigenvalue weighted by molar-refractivity contribution is -0.145. The molecular weight excluding hydrogens is 222 g/mol. The first-order chi connectivity index (χ1) is 7.77. The van der Waals surface area contributed by atoms with Gasteiger partial charge in [-0.1, -0.05) is 13.3 Å². The van der Waals surface area contributed by atoms with E-state index < -0.39 is 0 Å². The maximum Gasteiger partial charge on any atom is 0.323 e. The quantitative estimate of drug-likeness (QED) is 0.697. The average Bonchev–Trinajstić information content (AvgIpc) is 2.77. The highest BCUT2D eigenvalue weighted by atomic mass is 32.2. The van der Waals surface area contributed by atoms with E-state index >= 15 is 0 Å². The van der Waals surface area contributed by atoms with Crippen molar-refractivity contribution < 1.29 is 9.53 Å². The zero-order chi connectivity index (χ0) is 11.8. The summed E-state index contributed by atoms with van der Waals surface area (Å²) in [6.45, 7) is 5.38. The van der Waals surface area contributed by atoms with Crippen LogP contribution in [-0.2, 0) is 9.53 Å². The summed E-state index contributed by atoms with van der Waals surface area (Å²) in [5.74, 6) is 3.15. The summed E-state index contributed by atoms with van der Waals surface area (Å²) in [6, 6.07) is -0.101. The van der Waals surface area contributed by atoms with E-state index in [-0.39, 0.29) is 12.0 Å². The Labute approximate surface area is 103 Å². The van der Waals surface area contributed by atoms with Crippen LogP contribution >= 0.6 is 11.8 Å². The van der Waals surface area contributed by atoms with Crippen LogP contribution in [0.3, 0.4) is 0 Å². The lowest BCUT2D eigenvalue weighted by Crippen LogP contribution is -2.40.